The molecule has 1 rings (SSSR count). The molecule has 0 aliphatic heterocycles. The molecule has 0 spiro atoms. The van der Waals surface area contributed by atoms with Crippen molar-refractivity contribution in [3.8, 4) is 11.5 Å². The van der Waals surface area contributed by atoms with Gasteiger partial charge in [0.1, 0.15) is 0 Å². The Morgan fingerprint density at radius 1 is 1.56 bits per heavy atom. The lowest BCUT2D eigenvalue weighted by Gasteiger charge is -2.04. The summed E-state index contributed by atoms with van der Waals surface area (Å²) in [7, 11) is 1.46. The van der Waals surface area contributed by atoms with E-state index in [2.05, 4.69) is 5.16 Å². The van der Waals surface area contributed by atoms with Gasteiger partial charge in [-0.15, -0.1) is 0 Å². The number of aromatic hydroxyl groups is 1. The van der Waals surface area contributed by atoms with E-state index >= 15 is 0 Å². The van der Waals surface area contributed by atoms with Crippen LogP contribution in [-0.4, -0.2) is 30.8 Å². The molecule has 1 N–H and O–H groups in total. The van der Waals surface area contributed by atoms with Gasteiger partial charge in [0.2, 0.25) is 0 Å². The third-order valence-electron chi connectivity index (χ3n) is 1.78. The monoisotopic (exact) mass is 223 g/mol. The highest BCUT2D eigenvalue weighted by atomic mass is 16.6. The van der Waals surface area contributed by atoms with Gasteiger partial charge >= 0.3 is 0 Å². The molecule has 5 nitrogen and oxygen atoms in total. The molecule has 0 radical (unpaired) electrons. The number of carbonyl (C=O) groups excluding carboxylic acids is 1. The number of hydrogen-bond acceptors (Lipinski definition) is 5. The number of carbonyl (C=O) groups is 1. The van der Waals surface area contributed by atoms with Crippen LogP contribution >= 0.6 is 0 Å². The van der Waals surface area contributed by atoms with Gasteiger partial charge in [0, 0.05) is 5.56 Å². The van der Waals surface area contributed by atoms with Crippen molar-refractivity contribution in [3.63, 3.8) is 0 Å². The fourth-order valence-corrected chi connectivity index (χ4v) is 1.03. The standard InChI is InChI=1S/C11H13NO4/c1-8(13)7-16-12-6-9-4-3-5-10(15-2)11(9)14/h3-6,14H,7H2,1-2H3/b12-6+. The van der Waals surface area contributed by atoms with Crippen molar-refractivity contribution >= 4 is 12.0 Å². The highest BCUT2D eigenvalue weighted by Gasteiger charge is 2.04. The molecule has 0 heterocycles. The van der Waals surface area contributed by atoms with Gasteiger partial charge in [0.05, 0.1) is 13.3 Å². The molecule has 0 unspecified atom stereocenters. The first kappa shape index (κ1) is 12.0. The van der Waals surface area contributed by atoms with E-state index in [9.17, 15) is 9.90 Å². The van der Waals surface area contributed by atoms with E-state index in [4.69, 9.17) is 9.57 Å². The van der Waals surface area contributed by atoms with Crippen LogP contribution in [0.3, 0.4) is 0 Å². The van der Waals surface area contributed by atoms with Crippen molar-refractivity contribution in [1.29, 1.82) is 0 Å². The number of Topliss-reactive ketones (excluding diaryl/α,β-unsaturated/α-hetero) is 1. The molecule has 16 heavy (non-hydrogen) atoms. The number of phenolic OH excluding ortho intramolecular Hbond substituents is 1. The summed E-state index contributed by atoms with van der Waals surface area (Å²) in [5.74, 6) is 0.225. The van der Waals surface area contributed by atoms with E-state index in [0.717, 1.165) is 0 Å². The lowest BCUT2D eigenvalue weighted by molar-refractivity contribution is -0.121. The average Bonchev–Trinajstić information content (AvgIpc) is 2.26. The van der Waals surface area contributed by atoms with Crippen LogP contribution in [0, 0.1) is 0 Å². The highest BCUT2D eigenvalue weighted by Crippen LogP contribution is 2.27. The summed E-state index contributed by atoms with van der Waals surface area (Å²) in [6, 6.07) is 4.99. The van der Waals surface area contributed by atoms with Gasteiger partial charge in [-0.3, -0.25) is 4.79 Å². The number of para-hydroxylation sites is 1. The maximum absolute atomic E-state index is 10.6. The summed E-state index contributed by atoms with van der Waals surface area (Å²) in [5, 5.41) is 13.2. The fraction of sp³-hybridized carbons (Fsp3) is 0.273. The molecule has 0 aliphatic rings. The SMILES string of the molecule is COc1cccc(/C=N/OCC(C)=O)c1O. The first-order valence-electron chi connectivity index (χ1n) is 4.66. The van der Waals surface area contributed by atoms with Crippen LogP contribution in [0.1, 0.15) is 12.5 Å². The number of hydrogen-bond donors (Lipinski definition) is 1. The Balaban J connectivity index is 2.70. The van der Waals surface area contributed by atoms with Crippen molar-refractivity contribution in [2.45, 2.75) is 6.92 Å². The summed E-state index contributed by atoms with van der Waals surface area (Å²) in [6.45, 7) is 1.32. The lowest BCUT2D eigenvalue weighted by atomic mass is 10.2. The third kappa shape index (κ3) is 3.27. The zero-order valence-electron chi connectivity index (χ0n) is 9.14. The number of ketones is 1. The van der Waals surface area contributed by atoms with Gasteiger partial charge in [0.15, 0.2) is 23.9 Å². The van der Waals surface area contributed by atoms with Crippen LogP contribution in [0.4, 0.5) is 0 Å². The maximum Gasteiger partial charge on any atom is 0.174 e. The van der Waals surface area contributed by atoms with Crippen LogP contribution < -0.4 is 4.74 Å². The van der Waals surface area contributed by atoms with Crippen LogP contribution in [0.2, 0.25) is 0 Å². The van der Waals surface area contributed by atoms with E-state index in [1.807, 2.05) is 0 Å². The summed E-state index contributed by atoms with van der Waals surface area (Å²) >= 11 is 0. The number of rotatable bonds is 5. The number of phenols is 1. The molecule has 0 bridgehead atoms. The van der Waals surface area contributed by atoms with Crippen LogP contribution in [0.5, 0.6) is 11.5 Å². The first-order chi connectivity index (χ1) is 7.65. The second kappa shape index (κ2) is 5.75. The Bertz CT molecular complexity index is 401. The number of nitrogens with zero attached hydrogens (tertiary/aromatic N) is 1. The second-order valence-corrected chi connectivity index (χ2v) is 3.11. The van der Waals surface area contributed by atoms with Crippen LogP contribution in [0.25, 0.3) is 0 Å². The molecule has 0 fully saturated rings. The number of methoxy groups -OCH3 is 1. The van der Waals surface area contributed by atoms with E-state index in [1.54, 1.807) is 18.2 Å². The Morgan fingerprint density at radius 3 is 2.94 bits per heavy atom. The Kier molecular flexibility index (Phi) is 4.32. The minimum absolute atomic E-state index is 0.0137. The molecule has 0 saturated heterocycles. The third-order valence-corrected chi connectivity index (χ3v) is 1.78. The van der Waals surface area contributed by atoms with E-state index < -0.39 is 0 Å². The molecular formula is C11H13NO4. The Hall–Kier alpha value is -2.04. The molecule has 86 valence electrons. The fourth-order valence-electron chi connectivity index (χ4n) is 1.03. The zero-order chi connectivity index (χ0) is 12.0. The normalized spacial score (nSPS) is 10.4. The minimum atomic E-state index is -0.119. The number of oxime groups is 1. The molecule has 1 aromatic rings. The van der Waals surface area contributed by atoms with Crippen LogP contribution in [-0.2, 0) is 9.63 Å². The topological polar surface area (TPSA) is 68.1 Å². The molecule has 0 atom stereocenters. The van der Waals surface area contributed by atoms with E-state index in [-0.39, 0.29) is 18.1 Å². The number of ether oxygens (including phenoxy) is 1. The summed E-state index contributed by atoms with van der Waals surface area (Å²) in [6.07, 6.45) is 1.32. The van der Waals surface area contributed by atoms with Gasteiger partial charge in [-0.25, -0.2) is 0 Å². The molecule has 0 saturated carbocycles. The molecule has 0 aliphatic carbocycles. The smallest absolute Gasteiger partial charge is 0.174 e. The highest BCUT2D eigenvalue weighted by molar-refractivity contribution is 5.84. The van der Waals surface area contributed by atoms with E-state index in [1.165, 1.54) is 20.2 Å². The van der Waals surface area contributed by atoms with Crippen molar-refractivity contribution in [3.05, 3.63) is 23.8 Å². The maximum atomic E-state index is 10.6. The summed E-state index contributed by atoms with van der Waals surface area (Å²) < 4.78 is 4.92. The van der Waals surface area contributed by atoms with Crippen LogP contribution in [0.15, 0.2) is 23.4 Å². The van der Waals surface area contributed by atoms with Crippen molar-refractivity contribution in [1.82, 2.24) is 0 Å². The second-order valence-electron chi connectivity index (χ2n) is 3.11. The molecular weight excluding hydrogens is 210 g/mol. The average molecular weight is 223 g/mol. The minimum Gasteiger partial charge on any atom is -0.504 e. The first-order valence-corrected chi connectivity index (χ1v) is 4.66. The van der Waals surface area contributed by atoms with Gasteiger partial charge in [-0.05, 0) is 19.1 Å². The largest absolute Gasteiger partial charge is 0.504 e. The van der Waals surface area contributed by atoms with Crippen molar-refractivity contribution < 1.29 is 19.5 Å². The quantitative estimate of drug-likeness (QED) is 0.604. The molecule has 1 aromatic carbocycles. The Labute approximate surface area is 93.3 Å². The summed E-state index contributed by atoms with van der Waals surface area (Å²) in [4.78, 5) is 15.2. The lowest BCUT2D eigenvalue weighted by Crippen LogP contribution is -1.99. The van der Waals surface area contributed by atoms with Crippen molar-refractivity contribution in [2.75, 3.05) is 13.7 Å². The van der Waals surface area contributed by atoms with Gasteiger partial charge < -0.3 is 14.7 Å². The van der Waals surface area contributed by atoms with Crippen molar-refractivity contribution in [2.24, 2.45) is 5.16 Å². The molecule has 0 aromatic heterocycles. The zero-order valence-corrected chi connectivity index (χ0v) is 9.14. The Morgan fingerprint density at radius 2 is 2.31 bits per heavy atom. The van der Waals surface area contributed by atoms with Gasteiger partial charge in [-0.1, -0.05) is 11.2 Å². The van der Waals surface area contributed by atoms with Gasteiger partial charge in [-0.2, -0.15) is 0 Å². The molecule has 0 amide bonds. The number of benzene rings is 1. The van der Waals surface area contributed by atoms with E-state index in [0.29, 0.717) is 11.3 Å². The summed E-state index contributed by atoms with van der Waals surface area (Å²) in [5.41, 5.74) is 0.461. The van der Waals surface area contributed by atoms with Gasteiger partial charge in [0.25, 0.3) is 0 Å². The molecule has 5 heteroatoms. The predicted octanol–water partition coefficient (Wildman–Crippen LogP) is 1.34. The predicted molar refractivity (Wildman–Crippen MR) is 58.9 cm³/mol.